The smallest absolute Gasteiger partial charge is 0.209 e. The van der Waals surface area contributed by atoms with Gasteiger partial charge in [-0.05, 0) is 37.0 Å². The number of ether oxygens (including phenoxy) is 1. The van der Waals surface area contributed by atoms with Gasteiger partial charge in [0.1, 0.15) is 0 Å². The molecule has 0 bridgehead atoms. The lowest BCUT2D eigenvalue weighted by Crippen LogP contribution is -2.18. The minimum Gasteiger partial charge on any atom is -0.491 e. The molecule has 0 aliphatic carbocycles. The second kappa shape index (κ2) is 7.21. The summed E-state index contributed by atoms with van der Waals surface area (Å²) in [4.78, 5) is 0. The predicted molar refractivity (Wildman–Crippen MR) is 76.0 cm³/mol. The lowest BCUT2D eigenvalue weighted by molar-refractivity contribution is 0.270. The number of benzene rings is 1. The Morgan fingerprint density at radius 2 is 2.11 bits per heavy atom. The highest BCUT2D eigenvalue weighted by atomic mass is 79.9. The maximum atomic E-state index is 13.4. The number of rotatable bonds is 7. The van der Waals surface area contributed by atoms with Crippen molar-refractivity contribution in [3.05, 3.63) is 28.5 Å². The zero-order valence-corrected chi connectivity index (χ0v) is 13.0. The number of nitrogens with two attached hydrogens (primary N) is 1. The van der Waals surface area contributed by atoms with E-state index in [4.69, 9.17) is 9.88 Å². The average Bonchev–Trinajstić information content (AvgIpc) is 2.28. The molecule has 0 saturated heterocycles. The van der Waals surface area contributed by atoms with Gasteiger partial charge in [0.05, 0.1) is 12.4 Å². The minimum absolute atomic E-state index is 0.0409. The molecule has 0 aromatic heterocycles. The number of hydrogen-bond donors (Lipinski definition) is 1. The molecule has 4 nitrogen and oxygen atoms in total. The maximum Gasteiger partial charge on any atom is 0.209 e. The van der Waals surface area contributed by atoms with Crippen LogP contribution in [0.1, 0.15) is 19.8 Å². The standard InChI is InChI=1S/C12H17BrFNO3S/c1-9(5-7-19(15,16)17)4-6-18-12-3-2-10(13)8-11(12)14/h2-3,8-9H,4-7H2,1H3,(H2,15,16,17). The Kier molecular flexibility index (Phi) is 6.22. The molecular formula is C12H17BrFNO3S. The number of primary sulfonamides is 1. The molecule has 0 fully saturated rings. The second-order valence-electron chi connectivity index (χ2n) is 4.47. The molecule has 7 heteroatoms. The van der Waals surface area contributed by atoms with Crippen LogP contribution in [0.3, 0.4) is 0 Å². The van der Waals surface area contributed by atoms with Crippen LogP contribution in [0.5, 0.6) is 5.75 Å². The van der Waals surface area contributed by atoms with E-state index in [1.807, 2.05) is 6.92 Å². The normalized spacial score (nSPS) is 13.3. The molecule has 0 heterocycles. The van der Waals surface area contributed by atoms with Gasteiger partial charge in [0, 0.05) is 4.47 Å². The van der Waals surface area contributed by atoms with Crippen molar-refractivity contribution in [3.63, 3.8) is 0 Å². The lowest BCUT2D eigenvalue weighted by atomic mass is 10.1. The van der Waals surface area contributed by atoms with Crippen LogP contribution in [-0.2, 0) is 10.0 Å². The summed E-state index contributed by atoms with van der Waals surface area (Å²) in [7, 11) is -3.41. The molecule has 0 radical (unpaired) electrons. The van der Waals surface area contributed by atoms with Gasteiger partial charge < -0.3 is 4.74 Å². The Hall–Kier alpha value is -0.660. The Morgan fingerprint density at radius 1 is 1.42 bits per heavy atom. The van der Waals surface area contributed by atoms with Crippen molar-refractivity contribution in [2.24, 2.45) is 11.1 Å². The molecule has 19 heavy (non-hydrogen) atoms. The molecule has 2 N–H and O–H groups in total. The molecular weight excluding hydrogens is 337 g/mol. The van der Waals surface area contributed by atoms with Crippen molar-refractivity contribution in [1.82, 2.24) is 0 Å². The third-order valence-electron chi connectivity index (χ3n) is 2.66. The van der Waals surface area contributed by atoms with Gasteiger partial charge in [-0.1, -0.05) is 22.9 Å². The zero-order chi connectivity index (χ0) is 14.5. The van der Waals surface area contributed by atoms with Gasteiger partial charge in [0.25, 0.3) is 0 Å². The second-order valence-corrected chi connectivity index (χ2v) is 7.12. The van der Waals surface area contributed by atoms with Crippen molar-refractivity contribution in [2.75, 3.05) is 12.4 Å². The molecule has 0 amide bonds. The highest BCUT2D eigenvalue weighted by Crippen LogP contribution is 2.22. The summed E-state index contributed by atoms with van der Waals surface area (Å²) in [6, 6.07) is 4.58. The van der Waals surface area contributed by atoms with E-state index in [0.29, 0.717) is 23.9 Å². The van der Waals surface area contributed by atoms with E-state index >= 15 is 0 Å². The summed E-state index contributed by atoms with van der Waals surface area (Å²) in [5.41, 5.74) is 0. The van der Waals surface area contributed by atoms with Gasteiger partial charge in [-0.3, -0.25) is 0 Å². The molecule has 108 valence electrons. The molecule has 0 aliphatic rings. The van der Waals surface area contributed by atoms with E-state index < -0.39 is 15.8 Å². The first kappa shape index (κ1) is 16.4. The van der Waals surface area contributed by atoms with Crippen LogP contribution in [0.2, 0.25) is 0 Å². The highest BCUT2D eigenvalue weighted by molar-refractivity contribution is 9.10. The van der Waals surface area contributed by atoms with E-state index in [0.717, 1.165) is 0 Å². The molecule has 1 rings (SSSR count). The Bertz CT molecular complexity index is 522. The first-order valence-electron chi connectivity index (χ1n) is 5.86. The zero-order valence-electron chi connectivity index (χ0n) is 10.6. The van der Waals surface area contributed by atoms with Crippen LogP contribution in [0.15, 0.2) is 22.7 Å². The molecule has 1 aromatic rings. The van der Waals surface area contributed by atoms with Gasteiger partial charge in [-0.15, -0.1) is 0 Å². The average molecular weight is 354 g/mol. The van der Waals surface area contributed by atoms with Crippen LogP contribution in [-0.4, -0.2) is 20.8 Å². The first-order chi connectivity index (χ1) is 8.78. The van der Waals surface area contributed by atoms with Gasteiger partial charge in [-0.2, -0.15) is 0 Å². The summed E-state index contributed by atoms with van der Waals surface area (Å²) in [5, 5.41) is 4.92. The predicted octanol–water partition coefficient (Wildman–Crippen LogP) is 2.67. The Labute approximate surface area is 121 Å². The molecule has 1 atom stereocenters. The Morgan fingerprint density at radius 3 is 2.68 bits per heavy atom. The summed E-state index contributed by atoms with van der Waals surface area (Å²) in [6.07, 6.45) is 1.12. The van der Waals surface area contributed by atoms with Crippen LogP contribution in [0, 0.1) is 11.7 Å². The van der Waals surface area contributed by atoms with E-state index in [2.05, 4.69) is 15.9 Å². The largest absolute Gasteiger partial charge is 0.491 e. The number of sulfonamides is 1. The van der Waals surface area contributed by atoms with E-state index in [1.54, 1.807) is 12.1 Å². The monoisotopic (exact) mass is 353 g/mol. The van der Waals surface area contributed by atoms with E-state index in [1.165, 1.54) is 6.07 Å². The molecule has 1 unspecified atom stereocenters. The summed E-state index contributed by atoms with van der Waals surface area (Å²) < 4.78 is 41.0. The van der Waals surface area contributed by atoms with Crippen LogP contribution >= 0.6 is 15.9 Å². The fourth-order valence-electron chi connectivity index (χ4n) is 1.47. The number of halogens is 2. The van der Waals surface area contributed by atoms with Crippen LogP contribution in [0.25, 0.3) is 0 Å². The Balaban J connectivity index is 2.33. The maximum absolute atomic E-state index is 13.4. The minimum atomic E-state index is -3.41. The van der Waals surface area contributed by atoms with Gasteiger partial charge in [0.15, 0.2) is 11.6 Å². The summed E-state index contributed by atoms with van der Waals surface area (Å²) in [5.74, 6) is -0.119. The molecule has 0 spiro atoms. The SMILES string of the molecule is CC(CCOc1ccc(Br)cc1F)CCS(N)(=O)=O. The fourth-order valence-corrected chi connectivity index (χ4v) is 2.54. The van der Waals surface area contributed by atoms with Gasteiger partial charge >= 0.3 is 0 Å². The summed E-state index contributed by atoms with van der Waals surface area (Å²) in [6.45, 7) is 2.25. The molecule has 1 aromatic carbocycles. The van der Waals surface area contributed by atoms with Crippen LogP contribution in [0.4, 0.5) is 4.39 Å². The lowest BCUT2D eigenvalue weighted by Gasteiger charge is -2.12. The van der Waals surface area contributed by atoms with Gasteiger partial charge in [-0.25, -0.2) is 17.9 Å². The van der Waals surface area contributed by atoms with Crippen molar-refractivity contribution >= 4 is 26.0 Å². The summed E-state index contributed by atoms with van der Waals surface area (Å²) >= 11 is 3.16. The van der Waals surface area contributed by atoms with Crippen molar-refractivity contribution in [1.29, 1.82) is 0 Å². The third-order valence-corrected chi connectivity index (χ3v) is 3.96. The molecule has 0 aliphatic heterocycles. The molecule has 0 saturated carbocycles. The van der Waals surface area contributed by atoms with Crippen molar-refractivity contribution < 1.29 is 17.5 Å². The van der Waals surface area contributed by atoms with E-state index in [9.17, 15) is 12.8 Å². The van der Waals surface area contributed by atoms with Crippen molar-refractivity contribution in [3.8, 4) is 5.75 Å². The number of hydrogen-bond acceptors (Lipinski definition) is 3. The first-order valence-corrected chi connectivity index (χ1v) is 8.37. The van der Waals surface area contributed by atoms with Crippen molar-refractivity contribution in [2.45, 2.75) is 19.8 Å². The quantitative estimate of drug-likeness (QED) is 0.819. The highest BCUT2D eigenvalue weighted by Gasteiger charge is 2.09. The van der Waals surface area contributed by atoms with E-state index in [-0.39, 0.29) is 17.4 Å². The third kappa shape index (κ3) is 6.89. The fraction of sp³-hybridized carbons (Fsp3) is 0.500. The van der Waals surface area contributed by atoms with Gasteiger partial charge in [0.2, 0.25) is 10.0 Å². The van der Waals surface area contributed by atoms with Crippen LogP contribution < -0.4 is 9.88 Å². The topological polar surface area (TPSA) is 69.4 Å².